The fraction of sp³-hybridized carbons (Fsp3) is 0.368. The molecule has 8 nitrogen and oxygen atoms in total. The average Bonchev–Trinajstić information content (AvgIpc) is 3.15. The molecule has 2 heterocycles. The van der Waals surface area contributed by atoms with Crippen LogP contribution in [0.25, 0.3) is 0 Å². The van der Waals surface area contributed by atoms with Crippen molar-refractivity contribution in [3.63, 3.8) is 0 Å². The first-order chi connectivity index (χ1) is 13.0. The summed E-state index contributed by atoms with van der Waals surface area (Å²) in [4.78, 5) is 36.8. The summed E-state index contributed by atoms with van der Waals surface area (Å²) in [5.74, 6) is 0.387. The number of amides is 1. The first-order valence-corrected chi connectivity index (χ1v) is 8.62. The molecule has 1 atom stereocenters. The Labute approximate surface area is 157 Å². The van der Waals surface area contributed by atoms with Crippen molar-refractivity contribution in [2.75, 3.05) is 39.2 Å². The largest absolute Gasteiger partial charge is 0.471 e. The number of nitrogens with zero attached hydrogens (tertiary/aromatic N) is 4. The summed E-state index contributed by atoms with van der Waals surface area (Å²) in [5.41, 5.74) is 0.596. The van der Waals surface area contributed by atoms with Crippen LogP contribution in [0.5, 0.6) is 5.88 Å². The van der Waals surface area contributed by atoms with E-state index in [2.05, 4.69) is 9.97 Å². The number of carbonyl (C=O) groups is 2. The van der Waals surface area contributed by atoms with E-state index in [-0.39, 0.29) is 17.6 Å². The SMILES string of the molecule is COC(=O)c1ccccc1C(=O)N1CCC(Oc2cncc(N(C)C)n2)C1. The van der Waals surface area contributed by atoms with Gasteiger partial charge in [0, 0.05) is 27.1 Å². The maximum Gasteiger partial charge on any atom is 0.338 e. The Balaban J connectivity index is 1.69. The molecular weight excluding hydrogens is 348 g/mol. The van der Waals surface area contributed by atoms with Crippen LogP contribution in [-0.2, 0) is 4.74 Å². The Bertz CT molecular complexity index is 840. The van der Waals surface area contributed by atoms with E-state index in [1.54, 1.807) is 41.6 Å². The lowest BCUT2D eigenvalue weighted by Gasteiger charge is -2.18. The van der Waals surface area contributed by atoms with E-state index in [0.717, 1.165) is 0 Å². The second-order valence-corrected chi connectivity index (χ2v) is 6.43. The minimum Gasteiger partial charge on any atom is -0.471 e. The molecule has 1 aromatic carbocycles. The molecule has 142 valence electrons. The number of hydrogen-bond donors (Lipinski definition) is 0. The molecule has 0 spiro atoms. The highest BCUT2D eigenvalue weighted by Gasteiger charge is 2.30. The molecule has 1 aliphatic rings. The van der Waals surface area contributed by atoms with Gasteiger partial charge in [-0.05, 0) is 12.1 Å². The van der Waals surface area contributed by atoms with Crippen LogP contribution < -0.4 is 9.64 Å². The Morgan fingerprint density at radius 3 is 2.63 bits per heavy atom. The summed E-state index contributed by atoms with van der Waals surface area (Å²) in [5, 5.41) is 0. The normalized spacial score (nSPS) is 16.1. The molecule has 1 amide bonds. The number of aromatic nitrogens is 2. The molecule has 0 bridgehead atoms. The van der Waals surface area contributed by atoms with Crippen molar-refractivity contribution in [1.82, 2.24) is 14.9 Å². The van der Waals surface area contributed by atoms with Gasteiger partial charge in [0.2, 0.25) is 5.88 Å². The van der Waals surface area contributed by atoms with Gasteiger partial charge < -0.3 is 19.3 Å². The van der Waals surface area contributed by atoms with E-state index in [1.807, 2.05) is 19.0 Å². The van der Waals surface area contributed by atoms with Crippen molar-refractivity contribution in [2.45, 2.75) is 12.5 Å². The van der Waals surface area contributed by atoms with Crippen LogP contribution in [0.4, 0.5) is 5.82 Å². The molecule has 1 fully saturated rings. The zero-order valence-corrected chi connectivity index (χ0v) is 15.6. The summed E-state index contributed by atoms with van der Waals surface area (Å²) in [6, 6.07) is 6.65. The van der Waals surface area contributed by atoms with Gasteiger partial charge in [0.25, 0.3) is 5.91 Å². The van der Waals surface area contributed by atoms with E-state index in [9.17, 15) is 9.59 Å². The highest BCUT2D eigenvalue weighted by atomic mass is 16.5. The zero-order chi connectivity index (χ0) is 19.4. The molecule has 0 N–H and O–H groups in total. The first kappa shape index (κ1) is 18.6. The third-order valence-electron chi connectivity index (χ3n) is 4.34. The van der Waals surface area contributed by atoms with Gasteiger partial charge >= 0.3 is 5.97 Å². The van der Waals surface area contributed by atoms with Gasteiger partial charge in [-0.15, -0.1) is 0 Å². The van der Waals surface area contributed by atoms with Crippen LogP contribution in [0.1, 0.15) is 27.1 Å². The van der Waals surface area contributed by atoms with Crippen LogP contribution >= 0.6 is 0 Å². The summed E-state index contributed by atoms with van der Waals surface area (Å²) < 4.78 is 10.7. The van der Waals surface area contributed by atoms with Crippen molar-refractivity contribution in [1.29, 1.82) is 0 Å². The lowest BCUT2D eigenvalue weighted by Crippen LogP contribution is -2.32. The fourth-order valence-electron chi connectivity index (χ4n) is 2.92. The third-order valence-corrected chi connectivity index (χ3v) is 4.34. The number of anilines is 1. The molecule has 8 heteroatoms. The Hall–Kier alpha value is -3.16. The number of carbonyl (C=O) groups excluding carboxylic acids is 2. The van der Waals surface area contributed by atoms with Crippen LogP contribution in [-0.4, -0.2) is 67.1 Å². The minimum atomic E-state index is -0.526. The molecule has 3 rings (SSSR count). The Morgan fingerprint density at radius 2 is 1.93 bits per heavy atom. The molecule has 27 heavy (non-hydrogen) atoms. The molecule has 1 aromatic heterocycles. The topological polar surface area (TPSA) is 84.9 Å². The van der Waals surface area contributed by atoms with Gasteiger partial charge in [0.05, 0.1) is 37.2 Å². The quantitative estimate of drug-likeness (QED) is 0.740. The van der Waals surface area contributed by atoms with Gasteiger partial charge in [0.15, 0.2) is 5.82 Å². The predicted octanol–water partition coefficient (Wildman–Crippen LogP) is 1.62. The summed E-state index contributed by atoms with van der Waals surface area (Å²) in [6.07, 6.45) is 3.72. The maximum absolute atomic E-state index is 12.9. The van der Waals surface area contributed by atoms with Crippen molar-refractivity contribution in [3.05, 3.63) is 47.8 Å². The van der Waals surface area contributed by atoms with E-state index in [0.29, 0.717) is 36.8 Å². The molecule has 0 radical (unpaired) electrons. The number of methoxy groups -OCH3 is 1. The predicted molar refractivity (Wildman–Crippen MR) is 99.1 cm³/mol. The molecule has 0 saturated carbocycles. The number of likely N-dealkylation sites (tertiary alicyclic amines) is 1. The van der Waals surface area contributed by atoms with E-state index >= 15 is 0 Å². The monoisotopic (exact) mass is 370 g/mol. The number of ether oxygens (including phenoxy) is 2. The van der Waals surface area contributed by atoms with Gasteiger partial charge in [0.1, 0.15) is 6.10 Å². The standard InChI is InChI=1S/C19H22N4O4/c1-22(2)16-10-20-11-17(21-16)27-13-8-9-23(12-13)18(24)14-6-4-5-7-15(14)19(25)26-3/h4-7,10-11,13H,8-9,12H2,1-3H3. The summed E-state index contributed by atoms with van der Waals surface area (Å²) in [7, 11) is 5.05. The van der Waals surface area contributed by atoms with Gasteiger partial charge in [-0.3, -0.25) is 9.78 Å². The van der Waals surface area contributed by atoms with Gasteiger partial charge in [-0.2, -0.15) is 4.98 Å². The number of esters is 1. The fourth-order valence-corrected chi connectivity index (χ4v) is 2.92. The smallest absolute Gasteiger partial charge is 0.338 e. The van der Waals surface area contributed by atoms with Crippen LogP contribution in [0.15, 0.2) is 36.7 Å². The van der Waals surface area contributed by atoms with Crippen molar-refractivity contribution in [3.8, 4) is 5.88 Å². The van der Waals surface area contributed by atoms with Crippen molar-refractivity contribution >= 4 is 17.7 Å². The lowest BCUT2D eigenvalue weighted by molar-refractivity contribution is 0.0591. The highest BCUT2D eigenvalue weighted by molar-refractivity contribution is 6.05. The van der Waals surface area contributed by atoms with Gasteiger partial charge in [-0.25, -0.2) is 4.79 Å². The van der Waals surface area contributed by atoms with Crippen LogP contribution in [0, 0.1) is 0 Å². The summed E-state index contributed by atoms with van der Waals surface area (Å²) >= 11 is 0. The molecule has 1 unspecified atom stereocenters. The van der Waals surface area contributed by atoms with Crippen LogP contribution in [0.2, 0.25) is 0 Å². The molecule has 1 aliphatic heterocycles. The van der Waals surface area contributed by atoms with Gasteiger partial charge in [-0.1, -0.05) is 12.1 Å². The molecule has 0 aliphatic carbocycles. The third kappa shape index (κ3) is 4.16. The second-order valence-electron chi connectivity index (χ2n) is 6.43. The van der Waals surface area contributed by atoms with E-state index in [4.69, 9.17) is 9.47 Å². The molecule has 1 saturated heterocycles. The van der Waals surface area contributed by atoms with Crippen LogP contribution in [0.3, 0.4) is 0 Å². The van der Waals surface area contributed by atoms with E-state index in [1.165, 1.54) is 7.11 Å². The van der Waals surface area contributed by atoms with Crippen molar-refractivity contribution < 1.29 is 19.1 Å². The average molecular weight is 370 g/mol. The summed E-state index contributed by atoms with van der Waals surface area (Å²) in [6.45, 7) is 0.960. The maximum atomic E-state index is 12.9. The Kier molecular flexibility index (Phi) is 5.54. The van der Waals surface area contributed by atoms with Crippen molar-refractivity contribution in [2.24, 2.45) is 0 Å². The van der Waals surface area contributed by atoms with E-state index < -0.39 is 5.97 Å². The number of rotatable bonds is 5. The zero-order valence-electron chi connectivity index (χ0n) is 15.6. The Morgan fingerprint density at radius 1 is 1.19 bits per heavy atom. The second kappa shape index (κ2) is 8.03. The molecular formula is C19H22N4O4. The lowest BCUT2D eigenvalue weighted by atomic mass is 10.1. The minimum absolute atomic E-state index is 0.175. The number of hydrogen-bond acceptors (Lipinski definition) is 7. The first-order valence-electron chi connectivity index (χ1n) is 8.62. The highest BCUT2D eigenvalue weighted by Crippen LogP contribution is 2.21. The molecule has 2 aromatic rings. The number of benzene rings is 1.